The maximum Gasteiger partial charge on any atom is 0.416 e. The zero-order valence-corrected chi connectivity index (χ0v) is 12.3. The molecule has 1 aromatic rings. The zero-order chi connectivity index (χ0) is 15.5. The van der Waals surface area contributed by atoms with Gasteiger partial charge in [0.05, 0.1) is 12.2 Å². The van der Waals surface area contributed by atoms with Crippen molar-refractivity contribution < 1.29 is 17.9 Å². The first kappa shape index (κ1) is 16.1. The smallest absolute Gasteiger partial charge is 0.416 e. The van der Waals surface area contributed by atoms with Gasteiger partial charge in [-0.15, -0.1) is 0 Å². The molecule has 1 atom stereocenters. The second-order valence-electron chi connectivity index (χ2n) is 5.34. The van der Waals surface area contributed by atoms with Gasteiger partial charge in [-0.25, -0.2) is 0 Å². The molecule has 0 amide bonds. The highest BCUT2D eigenvalue weighted by Crippen LogP contribution is 2.33. The number of hydrogen-bond acceptors (Lipinski definition) is 3. The normalized spacial score (nSPS) is 20.5. The Morgan fingerprint density at radius 2 is 2.14 bits per heavy atom. The van der Waals surface area contributed by atoms with Crippen molar-refractivity contribution in [3.05, 3.63) is 29.3 Å². The Morgan fingerprint density at radius 3 is 2.76 bits per heavy atom. The molecule has 0 radical (unpaired) electrons. The van der Waals surface area contributed by atoms with Gasteiger partial charge in [-0.3, -0.25) is 4.90 Å². The van der Waals surface area contributed by atoms with E-state index in [9.17, 15) is 13.2 Å². The molecule has 1 aromatic carbocycles. The number of hydrogen-bond donors (Lipinski definition) is 1. The first-order chi connectivity index (χ1) is 9.90. The summed E-state index contributed by atoms with van der Waals surface area (Å²) in [5.74, 6) is 0.539. The van der Waals surface area contributed by atoms with Crippen LogP contribution in [0.15, 0.2) is 18.2 Å². The predicted molar refractivity (Wildman–Crippen MR) is 75.4 cm³/mol. The molecule has 0 saturated carbocycles. The highest BCUT2D eigenvalue weighted by Gasteiger charge is 2.31. The van der Waals surface area contributed by atoms with E-state index in [4.69, 9.17) is 4.74 Å². The number of halogens is 3. The molecule has 118 valence electrons. The monoisotopic (exact) mass is 302 g/mol. The van der Waals surface area contributed by atoms with E-state index >= 15 is 0 Å². The van der Waals surface area contributed by atoms with E-state index in [1.54, 1.807) is 0 Å². The van der Waals surface area contributed by atoms with Crippen molar-refractivity contribution in [2.75, 3.05) is 26.2 Å². The van der Waals surface area contributed by atoms with Gasteiger partial charge in [0.1, 0.15) is 5.75 Å². The second kappa shape index (κ2) is 6.66. The largest absolute Gasteiger partial charge is 0.494 e. The van der Waals surface area contributed by atoms with Gasteiger partial charge in [-0.1, -0.05) is 0 Å². The van der Waals surface area contributed by atoms with Crippen molar-refractivity contribution in [2.45, 2.75) is 32.6 Å². The molecule has 21 heavy (non-hydrogen) atoms. The molecule has 1 heterocycles. The van der Waals surface area contributed by atoms with Gasteiger partial charge in [0.25, 0.3) is 0 Å². The summed E-state index contributed by atoms with van der Waals surface area (Å²) in [5, 5.41) is 3.32. The summed E-state index contributed by atoms with van der Waals surface area (Å²) in [6.07, 6.45) is -4.32. The van der Waals surface area contributed by atoms with Crippen molar-refractivity contribution >= 4 is 0 Å². The molecular weight excluding hydrogens is 281 g/mol. The Kier molecular flexibility index (Phi) is 5.11. The summed E-state index contributed by atoms with van der Waals surface area (Å²) in [6.45, 7) is 7.32. The molecule has 1 N–H and O–H groups in total. The highest BCUT2D eigenvalue weighted by atomic mass is 19.4. The van der Waals surface area contributed by atoms with Crippen molar-refractivity contribution in [3.63, 3.8) is 0 Å². The van der Waals surface area contributed by atoms with Gasteiger partial charge >= 0.3 is 6.18 Å². The lowest BCUT2D eigenvalue weighted by Gasteiger charge is -2.32. The molecule has 6 heteroatoms. The van der Waals surface area contributed by atoms with Crippen LogP contribution in [-0.2, 0) is 12.7 Å². The number of nitrogens with one attached hydrogen (secondary N) is 1. The maximum absolute atomic E-state index is 12.9. The number of alkyl halides is 3. The molecule has 0 aliphatic carbocycles. The van der Waals surface area contributed by atoms with Gasteiger partial charge in [0.2, 0.25) is 0 Å². The van der Waals surface area contributed by atoms with E-state index in [0.717, 1.165) is 25.7 Å². The lowest BCUT2D eigenvalue weighted by atomic mass is 10.1. The Labute approximate surface area is 123 Å². The average Bonchev–Trinajstić information content (AvgIpc) is 2.40. The Hall–Kier alpha value is -1.27. The van der Waals surface area contributed by atoms with Crippen LogP contribution in [0, 0.1) is 0 Å². The second-order valence-corrected chi connectivity index (χ2v) is 5.34. The number of ether oxygens (including phenoxy) is 1. The molecular formula is C15H21F3N2O. The first-order valence-corrected chi connectivity index (χ1v) is 7.18. The van der Waals surface area contributed by atoms with Gasteiger partial charge in [-0.2, -0.15) is 13.2 Å². The summed E-state index contributed by atoms with van der Waals surface area (Å²) in [5.41, 5.74) is -0.0232. The number of rotatable bonds is 4. The van der Waals surface area contributed by atoms with Crippen molar-refractivity contribution in [1.82, 2.24) is 10.2 Å². The van der Waals surface area contributed by atoms with E-state index < -0.39 is 11.7 Å². The van der Waals surface area contributed by atoms with Crippen LogP contribution in [0.3, 0.4) is 0 Å². The van der Waals surface area contributed by atoms with Crippen LogP contribution in [0.2, 0.25) is 0 Å². The summed E-state index contributed by atoms with van der Waals surface area (Å²) in [6, 6.07) is 4.06. The fourth-order valence-corrected chi connectivity index (χ4v) is 2.57. The number of nitrogens with zero attached hydrogens (tertiary/aromatic N) is 1. The standard InChI is InChI=1S/C15H21F3N2O/c1-3-21-14-5-4-13(15(16,17)18)8-12(14)10-20-7-6-19-11(2)9-20/h4-5,8,11,19H,3,6-7,9-10H2,1-2H3/t11-/m0/s1. The Balaban J connectivity index is 2.21. The molecule has 3 nitrogen and oxygen atoms in total. The molecule has 0 aromatic heterocycles. The van der Waals surface area contributed by atoms with Crippen molar-refractivity contribution in [2.24, 2.45) is 0 Å². The first-order valence-electron chi connectivity index (χ1n) is 7.18. The molecule has 1 aliphatic heterocycles. The molecule has 0 unspecified atom stereocenters. The van der Waals surface area contributed by atoms with Gasteiger partial charge in [0, 0.05) is 37.8 Å². The topological polar surface area (TPSA) is 24.5 Å². The fourth-order valence-electron chi connectivity index (χ4n) is 2.57. The van der Waals surface area contributed by atoms with Gasteiger partial charge in [-0.05, 0) is 32.0 Å². The lowest BCUT2D eigenvalue weighted by Crippen LogP contribution is -2.48. The van der Waals surface area contributed by atoms with Gasteiger partial charge in [0.15, 0.2) is 0 Å². The van der Waals surface area contributed by atoms with Crippen molar-refractivity contribution in [1.29, 1.82) is 0 Å². The molecule has 0 spiro atoms. The van der Waals surface area contributed by atoms with Crippen LogP contribution in [-0.4, -0.2) is 37.2 Å². The van der Waals surface area contributed by atoms with E-state index in [1.807, 2.05) is 6.92 Å². The van der Waals surface area contributed by atoms with Crippen LogP contribution in [0.1, 0.15) is 25.0 Å². The third kappa shape index (κ3) is 4.35. The quantitative estimate of drug-likeness (QED) is 0.925. The van der Waals surface area contributed by atoms with Crippen LogP contribution >= 0.6 is 0 Å². The molecule has 0 bridgehead atoms. The molecule has 1 fully saturated rings. The highest BCUT2D eigenvalue weighted by molar-refractivity contribution is 5.38. The molecule has 1 saturated heterocycles. The SMILES string of the molecule is CCOc1ccc(C(F)(F)F)cc1CN1CCN[C@@H](C)C1. The van der Waals surface area contributed by atoms with Crippen LogP contribution in [0.5, 0.6) is 5.75 Å². The summed E-state index contributed by atoms with van der Waals surface area (Å²) in [7, 11) is 0. The predicted octanol–water partition coefficient (Wildman–Crippen LogP) is 2.90. The minimum Gasteiger partial charge on any atom is -0.494 e. The number of benzene rings is 1. The van der Waals surface area contributed by atoms with Crippen LogP contribution in [0.25, 0.3) is 0 Å². The number of piperazine rings is 1. The fraction of sp³-hybridized carbons (Fsp3) is 0.600. The minimum absolute atomic E-state index is 0.347. The summed E-state index contributed by atoms with van der Waals surface area (Å²) < 4.78 is 44.0. The maximum atomic E-state index is 12.9. The van der Waals surface area contributed by atoms with Gasteiger partial charge < -0.3 is 10.1 Å². The van der Waals surface area contributed by atoms with E-state index in [2.05, 4.69) is 17.1 Å². The summed E-state index contributed by atoms with van der Waals surface area (Å²) >= 11 is 0. The van der Waals surface area contributed by atoms with Crippen LogP contribution < -0.4 is 10.1 Å². The zero-order valence-electron chi connectivity index (χ0n) is 12.3. The molecule has 2 rings (SSSR count). The van der Waals surface area contributed by atoms with Crippen molar-refractivity contribution in [3.8, 4) is 5.75 Å². The Bertz CT molecular complexity index is 476. The van der Waals surface area contributed by atoms with Crippen LogP contribution in [0.4, 0.5) is 13.2 Å². The lowest BCUT2D eigenvalue weighted by molar-refractivity contribution is -0.137. The van der Waals surface area contributed by atoms with E-state index in [-0.39, 0.29) is 0 Å². The van der Waals surface area contributed by atoms with E-state index in [1.165, 1.54) is 12.1 Å². The van der Waals surface area contributed by atoms with E-state index in [0.29, 0.717) is 30.5 Å². The third-order valence-corrected chi connectivity index (χ3v) is 3.53. The summed E-state index contributed by atoms with van der Waals surface area (Å²) in [4.78, 5) is 2.15. The average molecular weight is 302 g/mol. The Morgan fingerprint density at radius 1 is 1.38 bits per heavy atom. The molecule has 1 aliphatic rings. The minimum atomic E-state index is -4.32. The third-order valence-electron chi connectivity index (χ3n) is 3.53.